The van der Waals surface area contributed by atoms with E-state index in [0.29, 0.717) is 5.92 Å². The molecule has 1 aliphatic rings. The molecule has 0 radical (unpaired) electrons. The lowest BCUT2D eigenvalue weighted by molar-refractivity contribution is 0.252. The van der Waals surface area contributed by atoms with Gasteiger partial charge in [-0.05, 0) is 56.6 Å². The molecular formula is C13H18ClNO. The predicted octanol–water partition coefficient (Wildman–Crippen LogP) is 3.16. The van der Waals surface area contributed by atoms with Crippen LogP contribution in [0.1, 0.15) is 24.3 Å². The second-order valence-corrected chi connectivity index (χ2v) is 4.90. The second-order valence-electron chi connectivity index (χ2n) is 4.46. The lowest BCUT2D eigenvalue weighted by Gasteiger charge is -2.30. The fraction of sp³-hybridized carbons (Fsp3) is 0.538. The van der Waals surface area contributed by atoms with Gasteiger partial charge in [-0.1, -0.05) is 17.7 Å². The third kappa shape index (κ3) is 2.50. The fourth-order valence-electron chi connectivity index (χ4n) is 2.34. The first-order chi connectivity index (χ1) is 7.70. The van der Waals surface area contributed by atoms with Gasteiger partial charge in [-0.3, -0.25) is 0 Å². The Balaban J connectivity index is 2.19. The van der Waals surface area contributed by atoms with Crippen molar-refractivity contribution in [1.82, 2.24) is 4.90 Å². The Bertz CT molecular complexity index is 359. The van der Waals surface area contributed by atoms with Gasteiger partial charge in [0.25, 0.3) is 0 Å². The molecule has 0 saturated carbocycles. The van der Waals surface area contributed by atoms with Crippen molar-refractivity contribution in [2.75, 3.05) is 27.2 Å². The molecule has 0 amide bonds. The van der Waals surface area contributed by atoms with Gasteiger partial charge >= 0.3 is 0 Å². The van der Waals surface area contributed by atoms with E-state index in [4.69, 9.17) is 16.3 Å². The summed E-state index contributed by atoms with van der Waals surface area (Å²) in [7, 11) is 3.89. The standard InChI is InChI=1S/C13H18ClNO/c1-15-7-5-10(6-8-15)12-4-3-11(14)9-13(12)16-2/h3-4,9-10H,5-8H2,1-2H3. The maximum absolute atomic E-state index is 5.97. The molecule has 1 saturated heterocycles. The maximum Gasteiger partial charge on any atom is 0.123 e. The molecule has 0 bridgehead atoms. The zero-order chi connectivity index (χ0) is 11.5. The van der Waals surface area contributed by atoms with Crippen LogP contribution in [0.5, 0.6) is 5.75 Å². The first kappa shape index (κ1) is 11.7. The number of hydrogen-bond acceptors (Lipinski definition) is 2. The van der Waals surface area contributed by atoms with E-state index < -0.39 is 0 Å². The van der Waals surface area contributed by atoms with Crippen LogP contribution >= 0.6 is 11.6 Å². The van der Waals surface area contributed by atoms with Crippen molar-refractivity contribution < 1.29 is 4.74 Å². The summed E-state index contributed by atoms with van der Waals surface area (Å²) in [5.74, 6) is 1.55. The molecule has 1 aliphatic heterocycles. The highest BCUT2D eigenvalue weighted by molar-refractivity contribution is 6.30. The Labute approximate surface area is 102 Å². The van der Waals surface area contributed by atoms with E-state index in [2.05, 4.69) is 18.0 Å². The summed E-state index contributed by atoms with van der Waals surface area (Å²) in [6.07, 6.45) is 2.41. The third-order valence-corrected chi connectivity index (χ3v) is 3.59. The SMILES string of the molecule is COc1cc(Cl)ccc1C1CCN(C)CC1. The first-order valence-corrected chi connectivity index (χ1v) is 6.10. The van der Waals surface area contributed by atoms with Crippen LogP contribution in [-0.4, -0.2) is 32.1 Å². The molecule has 0 spiro atoms. The lowest BCUT2D eigenvalue weighted by atomic mass is 9.89. The molecule has 2 nitrogen and oxygen atoms in total. The number of ether oxygens (including phenoxy) is 1. The van der Waals surface area contributed by atoms with E-state index in [1.165, 1.54) is 18.4 Å². The number of benzene rings is 1. The number of likely N-dealkylation sites (tertiary alicyclic amines) is 1. The van der Waals surface area contributed by atoms with Gasteiger partial charge in [0.05, 0.1) is 7.11 Å². The topological polar surface area (TPSA) is 12.5 Å². The van der Waals surface area contributed by atoms with Crippen molar-refractivity contribution in [2.45, 2.75) is 18.8 Å². The molecule has 1 fully saturated rings. The van der Waals surface area contributed by atoms with E-state index in [1.54, 1.807) is 7.11 Å². The number of piperidine rings is 1. The molecule has 1 aromatic rings. The van der Waals surface area contributed by atoms with Crippen molar-refractivity contribution >= 4 is 11.6 Å². The molecule has 0 aliphatic carbocycles. The van der Waals surface area contributed by atoms with Crippen molar-refractivity contribution in [3.05, 3.63) is 28.8 Å². The first-order valence-electron chi connectivity index (χ1n) is 5.72. The zero-order valence-electron chi connectivity index (χ0n) is 9.87. The van der Waals surface area contributed by atoms with Gasteiger partial charge in [0, 0.05) is 5.02 Å². The van der Waals surface area contributed by atoms with E-state index in [-0.39, 0.29) is 0 Å². The van der Waals surface area contributed by atoms with Gasteiger partial charge < -0.3 is 9.64 Å². The van der Waals surface area contributed by atoms with Crippen LogP contribution in [0.3, 0.4) is 0 Å². The summed E-state index contributed by atoms with van der Waals surface area (Å²) in [5, 5.41) is 0.744. The molecule has 0 aromatic heterocycles. The Hall–Kier alpha value is -0.730. The molecule has 2 rings (SSSR count). The van der Waals surface area contributed by atoms with Gasteiger partial charge in [-0.25, -0.2) is 0 Å². The lowest BCUT2D eigenvalue weighted by Crippen LogP contribution is -2.29. The van der Waals surface area contributed by atoms with Crippen molar-refractivity contribution in [3.63, 3.8) is 0 Å². The van der Waals surface area contributed by atoms with Crippen LogP contribution < -0.4 is 4.74 Å². The maximum atomic E-state index is 5.97. The van der Waals surface area contributed by atoms with Crippen LogP contribution in [0.25, 0.3) is 0 Å². The molecule has 88 valence electrons. The van der Waals surface area contributed by atoms with E-state index in [9.17, 15) is 0 Å². The molecule has 0 N–H and O–H groups in total. The van der Waals surface area contributed by atoms with Gasteiger partial charge in [0.2, 0.25) is 0 Å². The normalized spacial score (nSPS) is 18.7. The van der Waals surface area contributed by atoms with Gasteiger partial charge in [-0.2, -0.15) is 0 Å². The summed E-state index contributed by atoms with van der Waals surface area (Å²) in [4.78, 5) is 2.37. The molecule has 1 aromatic carbocycles. The van der Waals surface area contributed by atoms with Crippen LogP contribution in [0.15, 0.2) is 18.2 Å². The molecule has 3 heteroatoms. The fourth-order valence-corrected chi connectivity index (χ4v) is 2.50. The Kier molecular flexibility index (Phi) is 3.72. The number of rotatable bonds is 2. The summed E-state index contributed by atoms with van der Waals surface area (Å²) < 4.78 is 5.41. The minimum atomic E-state index is 0.614. The highest BCUT2D eigenvalue weighted by atomic mass is 35.5. The minimum absolute atomic E-state index is 0.614. The zero-order valence-corrected chi connectivity index (χ0v) is 10.6. The van der Waals surface area contributed by atoms with Crippen LogP contribution in [0.4, 0.5) is 0 Å². The van der Waals surface area contributed by atoms with Crippen LogP contribution in [0, 0.1) is 0 Å². The third-order valence-electron chi connectivity index (χ3n) is 3.35. The summed E-state index contributed by atoms with van der Waals surface area (Å²) in [5.41, 5.74) is 1.31. The summed E-state index contributed by atoms with van der Waals surface area (Å²) in [6, 6.07) is 5.98. The molecule has 16 heavy (non-hydrogen) atoms. The highest BCUT2D eigenvalue weighted by Gasteiger charge is 2.21. The average molecular weight is 240 g/mol. The van der Waals surface area contributed by atoms with E-state index >= 15 is 0 Å². The highest BCUT2D eigenvalue weighted by Crippen LogP contribution is 2.35. The quantitative estimate of drug-likeness (QED) is 0.786. The summed E-state index contributed by atoms with van der Waals surface area (Å²) in [6.45, 7) is 2.33. The van der Waals surface area contributed by atoms with Gasteiger partial charge in [-0.15, -0.1) is 0 Å². The average Bonchev–Trinajstić information content (AvgIpc) is 2.30. The van der Waals surface area contributed by atoms with E-state index in [0.717, 1.165) is 23.9 Å². The largest absolute Gasteiger partial charge is 0.496 e. The van der Waals surface area contributed by atoms with Gasteiger partial charge in [0.15, 0.2) is 0 Å². The predicted molar refractivity (Wildman–Crippen MR) is 67.5 cm³/mol. The number of methoxy groups -OCH3 is 1. The number of hydrogen-bond donors (Lipinski definition) is 0. The smallest absolute Gasteiger partial charge is 0.123 e. The Morgan fingerprint density at radius 1 is 1.31 bits per heavy atom. The molecule has 0 unspecified atom stereocenters. The van der Waals surface area contributed by atoms with Gasteiger partial charge in [0.1, 0.15) is 5.75 Å². The number of halogens is 1. The molecule has 1 heterocycles. The second kappa shape index (κ2) is 5.07. The van der Waals surface area contributed by atoms with Crippen molar-refractivity contribution in [3.8, 4) is 5.75 Å². The van der Waals surface area contributed by atoms with Crippen LogP contribution in [-0.2, 0) is 0 Å². The number of nitrogens with zero attached hydrogens (tertiary/aromatic N) is 1. The monoisotopic (exact) mass is 239 g/mol. The Morgan fingerprint density at radius 3 is 2.62 bits per heavy atom. The molecule has 0 atom stereocenters. The Morgan fingerprint density at radius 2 is 2.00 bits per heavy atom. The molecular weight excluding hydrogens is 222 g/mol. The van der Waals surface area contributed by atoms with Crippen molar-refractivity contribution in [1.29, 1.82) is 0 Å². The van der Waals surface area contributed by atoms with Crippen molar-refractivity contribution in [2.24, 2.45) is 0 Å². The van der Waals surface area contributed by atoms with E-state index in [1.807, 2.05) is 12.1 Å². The minimum Gasteiger partial charge on any atom is -0.496 e. The summed E-state index contributed by atoms with van der Waals surface area (Å²) >= 11 is 5.97. The van der Waals surface area contributed by atoms with Crippen LogP contribution in [0.2, 0.25) is 5.02 Å².